The predicted octanol–water partition coefficient (Wildman–Crippen LogP) is 0.696. The smallest absolute Gasteiger partial charge is 0.260 e. The lowest BCUT2D eigenvalue weighted by Gasteiger charge is -2.19. The first-order valence-electron chi connectivity index (χ1n) is 7.66. The summed E-state index contributed by atoms with van der Waals surface area (Å²) in [6.45, 7) is 1.87. The van der Waals surface area contributed by atoms with Gasteiger partial charge in [-0.1, -0.05) is 30.3 Å². The number of imidazole rings is 1. The summed E-state index contributed by atoms with van der Waals surface area (Å²) >= 11 is 12.5. The van der Waals surface area contributed by atoms with Gasteiger partial charge in [0.15, 0.2) is 11.6 Å². The first kappa shape index (κ1) is 19.1. The van der Waals surface area contributed by atoms with E-state index >= 15 is 0 Å². The van der Waals surface area contributed by atoms with E-state index in [4.69, 9.17) is 23.2 Å². The SMILES string of the molecule is Cc1ccc2c(c1-[n+]1cn(C)c(Cl)c1Cl)C(=O)c1ccccc1C2=O.[I-]. The topological polar surface area (TPSA) is 43.0 Å². The van der Waals surface area contributed by atoms with Crippen LogP contribution in [0.25, 0.3) is 5.69 Å². The third-order valence-electron chi connectivity index (χ3n) is 4.49. The third kappa shape index (κ3) is 2.61. The summed E-state index contributed by atoms with van der Waals surface area (Å²) in [6, 6.07) is 10.4. The second kappa shape index (κ2) is 6.79. The molecule has 0 fully saturated rings. The number of halogens is 3. The highest BCUT2D eigenvalue weighted by Crippen LogP contribution is 2.32. The van der Waals surface area contributed by atoms with E-state index in [0.717, 1.165) is 5.56 Å². The lowest BCUT2D eigenvalue weighted by atomic mass is 9.82. The molecule has 0 saturated carbocycles. The molecular weight excluding hydrogens is 486 g/mol. The van der Waals surface area contributed by atoms with Crippen molar-refractivity contribution in [1.82, 2.24) is 4.57 Å². The van der Waals surface area contributed by atoms with Crippen molar-refractivity contribution in [3.05, 3.63) is 80.8 Å². The molecular formula is C19H13Cl2IN2O2. The van der Waals surface area contributed by atoms with Crippen molar-refractivity contribution < 1.29 is 38.1 Å². The van der Waals surface area contributed by atoms with Gasteiger partial charge >= 0.3 is 0 Å². The van der Waals surface area contributed by atoms with Gasteiger partial charge in [0, 0.05) is 16.7 Å². The van der Waals surface area contributed by atoms with Crippen LogP contribution in [0.3, 0.4) is 0 Å². The Morgan fingerprint density at radius 2 is 1.54 bits per heavy atom. The first-order chi connectivity index (χ1) is 11.9. The van der Waals surface area contributed by atoms with E-state index in [1.165, 1.54) is 0 Å². The maximum atomic E-state index is 13.2. The number of ketones is 2. The molecule has 1 aromatic heterocycles. The van der Waals surface area contributed by atoms with Gasteiger partial charge < -0.3 is 24.0 Å². The summed E-state index contributed by atoms with van der Waals surface area (Å²) in [6.07, 6.45) is 1.70. The molecule has 0 N–H and O–H groups in total. The number of fused-ring (bicyclic) bond motifs is 2. The number of aromatic nitrogens is 2. The molecule has 1 aliphatic carbocycles. The van der Waals surface area contributed by atoms with Crippen LogP contribution in [0, 0.1) is 6.92 Å². The van der Waals surface area contributed by atoms with E-state index in [2.05, 4.69) is 0 Å². The van der Waals surface area contributed by atoms with Crippen molar-refractivity contribution in [3.63, 3.8) is 0 Å². The zero-order valence-corrected chi connectivity index (χ0v) is 17.6. The molecule has 4 nitrogen and oxygen atoms in total. The van der Waals surface area contributed by atoms with Crippen LogP contribution in [0.1, 0.15) is 37.4 Å². The van der Waals surface area contributed by atoms with Gasteiger partial charge in [-0.05, 0) is 41.8 Å². The van der Waals surface area contributed by atoms with Crippen LogP contribution < -0.4 is 28.5 Å². The fourth-order valence-electron chi connectivity index (χ4n) is 3.26. The Balaban J connectivity index is 0.00000196. The van der Waals surface area contributed by atoms with Gasteiger partial charge in [0.25, 0.3) is 16.6 Å². The molecule has 26 heavy (non-hydrogen) atoms. The molecule has 0 spiro atoms. The summed E-state index contributed by atoms with van der Waals surface area (Å²) in [4.78, 5) is 26.0. The zero-order chi connectivity index (χ0) is 17.9. The number of carbonyl (C=O) groups is 2. The largest absolute Gasteiger partial charge is 1.00 e. The van der Waals surface area contributed by atoms with Crippen molar-refractivity contribution in [1.29, 1.82) is 0 Å². The maximum absolute atomic E-state index is 13.2. The molecule has 132 valence electrons. The quantitative estimate of drug-likeness (QED) is 0.286. The fourth-order valence-corrected chi connectivity index (χ4v) is 3.66. The van der Waals surface area contributed by atoms with E-state index in [0.29, 0.717) is 38.2 Å². The standard InChI is InChI=1S/C19H13Cl2N2O2.HI/c1-10-7-8-13-14(15(10)23-9-22(2)18(20)19(23)21)17(25)12-6-4-3-5-11(12)16(13)24;/h3-9H,1-2H3;1H/q+1;/p-1. The predicted molar refractivity (Wildman–Crippen MR) is 95.0 cm³/mol. The minimum absolute atomic E-state index is 0. The van der Waals surface area contributed by atoms with Crippen LogP contribution >= 0.6 is 23.2 Å². The minimum Gasteiger partial charge on any atom is -1.00 e. The number of nitrogens with zero attached hydrogens (tertiary/aromatic N) is 2. The average molecular weight is 499 g/mol. The monoisotopic (exact) mass is 498 g/mol. The van der Waals surface area contributed by atoms with E-state index in [-0.39, 0.29) is 35.5 Å². The molecule has 0 amide bonds. The molecule has 4 rings (SSSR count). The zero-order valence-electron chi connectivity index (χ0n) is 13.9. The second-order valence-corrected chi connectivity index (χ2v) is 6.75. The molecule has 0 unspecified atom stereocenters. The van der Waals surface area contributed by atoms with Crippen molar-refractivity contribution in [2.75, 3.05) is 0 Å². The highest BCUT2D eigenvalue weighted by atomic mass is 127. The maximum Gasteiger partial charge on any atom is 0.260 e. The average Bonchev–Trinajstić information content (AvgIpc) is 2.86. The lowest BCUT2D eigenvalue weighted by molar-refractivity contribution is -0.593. The van der Waals surface area contributed by atoms with Gasteiger partial charge in [0.1, 0.15) is 5.69 Å². The van der Waals surface area contributed by atoms with Gasteiger partial charge in [-0.15, -0.1) is 0 Å². The van der Waals surface area contributed by atoms with Crippen LogP contribution in [-0.4, -0.2) is 16.1 Å². The van der Waals surface area contributed by atoms with Crippen LogP contribution in [0.2, 0.25) is 10.3 Å². The van der Waals surface area contributed by atoms with Crippen LogP contribution in [0.4, 0.5) is 0 Å². The number of rotatable bonds is 1. The van der Waals surface area contributed by atoms with Gasteiger partial charge in [-0.3, -0.25) is 9.59 Å². The van der Waals surface area contributed by atoms with Gasteiger partial charge in [0.2, 0.25) is 0 Å². The molecule has 1 heterocycles. The highest BCUT2D eigenvalue weighted by molar-refractivity contribution is 6.40. The normalized spacial score (nSPS) is 12.5. The van der Waals surface area contributed by atoms with Crippen LogP contribution in [0.15, 0.2) is 42.7 Å². The summed E-state index contributed by atoms with van der Waals surface area (Å²) < 4.78 is 3.31. The molecule has 2 aromatic carbocycles. The third-order valence-corrected chi connectivity index (χ3v) is 5.39. The molecule has 0 atom stereocenters. The molecule has 0 saturated heterocycles. The Bertz CT molecular complexity index is 1090. The van der Waals surface area contributed by atoms with Crippen LogP contribution in [0.5, 0.6) is 0 Å². The lowest BCUT2D eigenvalue weighted by Crippen LogP contribution is -3.00. The van der Waals surface area contributed by atoms with E-state index in [1.807, 2.05) is 13.0 Å². The molecule has 0 bridgehead atoms. The van der Waals surface area contributed by atoms with E-state index in [9.17, 15) is 9.59 Å². The summed E-state index contributed by atoms with van der Waals surface area (Å²) in [5.74, 6) is -0.349. The number of aryl methyl sites for hydroxylation is 2. The van der Waals surface area contributed by atoms with Crippen molar-refractivity contribution in [2.24, 2.45) is 7.05 Å². The van der Waals surface area contributed by atoms with E-state index in [1.54, 1.807) is 52.8 Å². The summed E-state index contributed by atoms with van der Waals surface area (Å²) in [5.41, 5.74) is 2.99. The first-order valence-corrected chi connectivity index (χ1v) is 8.41. The van der Waals surface area contributed by atoms with Gasteiger partial charge in [-0.25, -0.2) is 4.57 Å². The molecule has 0 aliphatic heterocycles. The minimum atomic E-state index is -0.188. The number of benzene rings is 2. The van der Waals surface area contributed by atoms with Gasteiger partial charge in [-0.2, -0.15) is 4.57 Å². The molecule has 0 radical (unpaired) electrons. The van der Waals surface area contributed by atoms with Crippen LogP contribution in [-0.2, 0) is 7.05 Å². The number of hydrogen-bond donors (Lipinski definition) is 0. The molecule has 3 aromatic rings. The Morgan fingerprint density at radius 1 is 0.923 bits per heavy atom. The summed E-state index contributed by atoms with van der Waals surface area (Å²) in [5, 5.41) is 0.647. The second-order valence-electron chi connectivity index (χ2n) is 6.04. The fraction of sp³-hybridized carbons (Fsp3) is 0.105. The van der Waals surface area contributed by atoms with Crippen molar-refractivity contribution in [3.8, 4) is 5.69 Å². The summed E-state index contributed by atoms with van der Waals surface area (Å²) in [7, 11) is 1.76. The Morgan fingerprint density at radius 3 is 2.12 bits per heavy atom. The van der Waals surface area contributed by atoms with E-state index < -0.39 is 0 Å². The van der Waals surface area contributed by atoms with Crippen molar-refractivity contribution >= 4 is 34.8 Å². The molecule has 1 aliphatic rings. The Labute approximate surface area is 177 Å². The Kier molecular flexibility index (Phi) is 4.98. The Hall–Kier alpha value is -1.70. The molecule has 7 heteroatoms. The number of carbonyl (C=O) groups excluding carboxylic acids is 2. The van der Waals surface area contributed by atoms with Crippen molar-refractivity contribution in [2.45, 2.75) is 6.92 Å². The highest BCUT2D eigenvalue weighted by Gasteiger charge is 2.35. The number of hydrogen-bond acceptors (Lipinski definition) is 2. The van der Waals surface area contributed by atoms with Gasteiger partial charge in [0.05, 0.1) is 12.6 Å².